The predicted octanol–water partition coefficient (Wildman–Crippen LogP) is 3.13. The predicted molar refractivity (Wildman–Crippen MR) is 84.0 cm³/mol. The molecule has 1 aliphatic carbocycles. The molecule has 0 spiro atoms. The maximum absolute atomic E-state index is 9.90. The fourth-order valence-electron chi connectivity index (χ4n) is 3.15. The van der Waals surface area contributed by atoms with Gasteiger partial charge in [0.2, 0.25) is 0 Å². The van der Waals surface area contributed by atoms with Crippen molar-refractivity contribution in [3.05, 3.63) is 30.6 Å². The molecule has 2 atom stereocenters. The first-order valence-corrected chi connectivity index (χ1v) is 7.86. The second-order valence-corrected chi connectivity index (χ2v) is 5.75. The number of phenols is 1. The van der Waals surface area contributed by atoms with E-state index in [1.165, 1.54) is 0 Å². The zero-order valence-electron chi connectivity index (χ0n) is 12.8. The van der Waals surface area contributed by atoms with Crippen molar-refractivity contribution in [2.24, 2.45) is 0 Å². The molecule has 0 radical (unpaired) electrons. The van der Waals surface area contributed by atoms with Gasteiger partial charge < -0.3 is 19.5 Å². The molecule has 1 saturated carbocycles. The van der Waals surface area contributed by atoms with Gasteiger partial charge in [-0.3, -0.25) is 0 Å². The largest absolute Gasteiger partial charge is 0.504 e. The van der Waals surface area contributed by atoms with E-state index in [4.69, 9.17) is 4.74 Å². The summed E-state index contributed by atoms with van der Waals surface area (Å²) in [5, 5.41) is 19.7. The number of imidazole rings is 1. The summed E-state index contributed by atoms with van der Waals surface area (Å²) in [5.41, 5.74) is 0.909. The summed E-state index contributed by atoms with van der Waals surface area (Å²) >= 11 is 0. The van der Waals surface area contributed by atoms with E-state index in [9.17, 15) is 10.2 Å². The summed E-state index contributed by atoms with van der Waals surface area (Å²) < 4.78 is 7.58. The van der Waals surface area contributed by atoms with Crippen LogP contribution in [0.1, 0.15) is 38.6 Å². The molecule has 0 unspecified atom stereocenters. The van der Waals surface area contributed by atoms with E-state index >= 15 is 0 Å². The average Bonchev–Trinajstić information content (AvgIpc) is 2.99. The Labute approximate surface area is 130 Å². The number of aliphatic hydroxyl groups is 1. The molecule has 0 bridgehead atoms. The smallest absolute Gasteiger partial charge is 0.161 e. The van der Waals surface area contributed by atoms with Crippen molar-refractivity contribution >= 4 is 0 Å². The van der Waals surface area contributed by atoms with E-state index in [0.717, 1.165) is 37.1 Å². The molecule has 0 amide bonds. The van der Waals surface area contributed by atoms with E-state index in [-0.39, 0.29) is 17.9 Å². The number of rotatable bonds is 4. The molecule has 1 aromatic carbocycles. The Morgan fingerprint density at radius 3 is 3.00 bits per heavy atom. The Kier molecular flexibility index (Phi) is 4.34. The zero-order chi connectivity index (χ0) is 15.5. The number of benzene rings is 1. The molecule has 5 nitrogen and oxygen atoms in total. The van der Waals surface area contributed by atoms with Crippen molar-refractivity contribution in [1.29, 1.82) is 0 Å². The van der Waals surface area contributed by atoms with Gasteiger partial charge in [0, 0.05) is 24.0 Å². The summed E-state index contributed by atoms with van der Waals surface area (Å²) in [5.74, 6) is 1.45. The fourth-order valence-corrected chi connectivity index (χ4v) is 3.15. The lowest BCUT2D eigenvalue weighted by molar-refractivity contribution is 0.104. The van der Waals surface area contributed by atoms with Gasteiger partial charge in [0.15, 0.2) is 11.5 Å². The molecular formula is C17H22N2O3. The Hall–Kier alpha value is -2.01. The summed E-state index contributed by atoms with van der Waals surface area (Å²) in [6.07, 6.45) is 7.25. The minimum atomic E-state index is -0.229. The Morgan fingerprint density at radius 2 is 2.23 bits per heavy atom. The summed E-state index contributed by atoms with van der Waals surface area (Å²) in [6, 6.07) is 5.56. The molecule has 1 aromatic heterocycles. The third-order valence-corrected chi connectivity index (χ3v) is 4.20. The van der Waals surface area contributed by atoms with Gasteiger partial charge in [-0.2, -0.15) is 0 Å². The van der Waals surface area contributed by atoms with E-state index in [0.29, 0.717) is 12.4 Å². The standard InChI is InChI=1S/C17H22N2O3/c1-2-22-16-10-12(6-7-15(16)21)17-18-8-9-19(17)13-4-3-5-14(20)11-13/h6-10,13-14,20-21H,2-5,11H2,1H3/t13-,14+/m1/s1. The van der Waals surface area contributed by atoms with Crippen molar-refractivity contribution in [3.8, 4) is 22.9 Å². The fraction of sp³-hybridized carbons (Fsp3) is 0.471. The van der Waals surface area contributed by atoms with Crippen molar-refractivity contribution in [1.82, 2.24) is 9.55 Å². The highest BCUT2D eigenvalue weighted by molar-refractivity contribution is 5.61. The Bertz CT molecular complexity index is 639. The lowest BCUT2D eigenvalue weighted by atomic mass is 9.92. The van der Waals surface area contributed by atoms with E-state index < -0.39 is 0 Å². The minimum Gasteiger partial charge on any atom is -0.504 e. The third kappa shape index (κ3) is 2.95. The first-order chi connectivity index (χ1) is 10.7. The second-order valence-electron chi connectivity index (χ2n) is 5.75. The van der Waals surface area contributed by atoms with E-state index in [1.807, 2.05) is 25.3 Å². The highest BCUT2D eigenvalue weighted by Gasteiger charge is 2.23. The van der Waals surface area contributed by atoms with Crippen LogP contribution >= 0.6 is 0 Å². The normalized spacial score (nSPS) is 21.7. The molecule has 22 heavy (non-hydrogen) atoms. The van der Waals surface area contributed by atoms with Gasteiger partial charge in [0.05, 0.1) is 12.7 Å². The van der Waals surface area contributed by atoms with Crippen LogP contribution in [-0.2, 0) is 0 Å². The van der Waals surface area contributed by atoms with Crippen LogP contribution in [-0.4, -0.2) is 32.5 Å². The summed E-state index contributed by atoms with van der Waals surface area (Å²) in [7, 11) is 0. The summed E-state index contributed by atoms with van der Waals surface area (Å²) in [4.78, 5) is 4.46. The lowest BCUT2D eigenvalue weighted by Gasteiger charge is -2.28. The van der Waals surface area contributed by atoms with Crippen molar-refractivity contribution < 1.29 is 14.9 Å². The van der Waals surface area contributed by atoms with Crippen molar-refractivity contribution in [3.63, 3.8) is 0 Å². The van der Waals surface area contributed by atoms with Gasteiger partial charge in [0.1, 0.15) is 5.82 Å². The number of hydrogen-bond acceptors (Lipinski definition) is 4. The minimum absolute atomic E-state index is 0.136. The number of phenolic OH excluding ortho intramolecular Hbond substituents is 1. The molecule has 0 saturated heterocycles. The average molecular weight is 302 g/mol. The molecule has 1 heterocycles. The monoisotopic (exact) mass is 302 g/mol. The first kappa shape index (κ1) is 14.9. The molecule has 2 aromatic rings. The van der Waals surface area contributed by atoms with Crippen LogP contribution in [0.4, 0.5) is 0 Å². The van der Waals surface area contributed by atoms with Gasteiger partial charge in [-0.15, -0.1) is 0 Å². The topological polar surface area (TPSA) is 67.5 Å². The maximum atomic E-state index is 9.90. The zero-order valence-corrected chi connectivity index (χ0v) is 12.8. The maximum Gasteiger partial charge on any atom is 0.161 e. The SMILES string of the molecule is CCOc1cc(-c2nccn2[C@@H]2CCC[C@H](O)C2)ccc1O. The molecule has 1 aliphatic rings. The Morgan fingerprint density at radius 1 is 1.36 bits per heavy atom. The highest BCUT2D eigenvalue weighted by atomic mass is 16.5. The van der Waals surface area contributed by atoms with Crippen LogP contribution in [0.2, 0.25) is 0 Å². The highest BCUT2D eigenvalue weighted by Crippen LogP contribution is 2.35. The molecule has 2 N–H and O–H groups in total. The van der Waals surface area contributed by atoms with Crippen LogP contribution in [0.5, 0.6) is 11.5 Å². The van der Waals surface area contributed by atoms with Crippen molar-refractivity contribution in [2.45, 2.75) is 44.8 Å². The van der Waals surface area contributed by atoms with Crippen LogP contribution in [0.3, 0.4) is 0 Å². The van der Waals surface area contributed by atoms with Crippen LogP contribution in [0.15, 0.2) is 30.6 Å². The number of nitrogens with zero attached hydrogens (tertiary/aromatic N) is 2. The molecular weight excluding hydrogens is 280 g/mol. The van der Waals surface area contributed by atoms with E-state index in [1.54, 1.807) is 12.3 Å². The molecule has 5 heteroatoms. The number of hydrogen-bond donors (Lipinski definition) is 2. The van der Waals surface area contributed by atoms with Gasteiger partial charge in [-0.1, -0.05) is 0 Å². The molecule has 1 fully saturated rings. The van der Waals surface area contributed by atoms with Crippen LogP contribution in [0, 0.1) is 0 Å². The van der Waals surface area contributed by atoms with Crippen molar-refractivity contribution in [2.75, 3.05) is 6.61 Å². The quantitative estimate of drug-likeness (QED) is 0.910. The molecule has 0 aliphatic heterocycles. The molecule has 3 rings (SSSR count). The van der Waals surface area contributed by atoms with Crippen LogP contribution in [0.25, 0.3) is 11.4 Å². The number of aliphatic hydroxyl groups excluding tert-OH is 1. The molecule has 118 valence electrons. The van der Waals surface area contributed by atoms with Gasteiger partial charge >= 0.3 is 0 Å². The summed E-state index contributed by atoms with van der Waals surface area (Å²) in [6.45, 7) is 2.39. The second kappa shape index (κ2) is 6.40. The van der Waals surface area contributed by atoms with Gasteiger partial charge in [-0.05, 0) is 50.8 Å². The first-order valence-electron chi connectivity index (χ1n) is 7.86. The number of ether oxygens (including phenoxy) is 1. The third-order valence-electron chi connectivity index (χ3n) is 4.20. The Balaban J connectivity index is 1.93. The van der Waals surface area contributed by atoms with Gasteiger partial charge in [0.25, 0.3) is 0 Å². The number of aromatic nitrogens is 2. The van der Waals surface area contributed by atoms with Gasteiger partial charge in [-0.25, -0.2) is 4.98 Å². The van der Waals surface area contributed by atoms with E-state index in [2.05, 4.69) is 9.55 Å². The van der Waals surface area contributed by atoms with Crippen LogP contribution < -0.4 is 4.74 Å². The lowest BCUT2D eigenvalue weighted by Crippen LogP contribution is -2.22. The number of aromatic hydroxyl groups is 1.